The van der Waals surface area contributed by atoms with Crippen LogP contribution in [0.1, 0.15) is 61.8 Å². The quantitative estimate of drug-likeness (QED) is 0.536. The summed E-state index contributed by atoms with van der Waals surface area (Å²) < 4.78 is 39.6. The zero-order valence-corrected chi connectivity index (χ0v) is 21.1. The maximum Gasteiger partial charge on any atom is 0.453 e. The van der Waals surface area contributed by atoms with Crippen molar-refractivity contribution in [2.45, 2.75) is 57.2 Å². The summed E-state index contributed by atoms with van der Waals surface area (Å²) >= 11 is 0. The molecule has 7 rings (SSSR count). The molecule has 9 nitrogen and oxygen atoms in total. The van der Waals surface area contributed by atoms with Gasteiger partial charge in [-0.2, -0.15) is 18.3 Å². The van der Waals surface area contributed by atoms with Gasteiger partial charge in [-0.1, -0.05) is 31.2 Å². The molecule has 0 bridgehead atoms. The third kappa shape index (κ3) is 4.14. The number of halogens is 3. The molecule has 0 unspecified atom stereocenters. The Kier molecular flexibility index (Phi) is 5.00. The lowest BCUT2D eigenvalue weighted by molar-refractivity contribution is -0.145. The minimum absolute atomic E-state index is 0.00129. The summed E-state index contributed by atoms with van der Waals surface area (Å²) in [5, 5.41) is 11.1. The summed E-state index contributed by atoms with van der Waals surface area (Å²) in [5.41, 5.74) is 2.57. The van der Waals surface area contributed by atoms with Gasteiger partial charge in [0.05, 0.1) is 6.04 Å². The molecule has 1 N–H and O–H groups in total. The minimum atomic E-state index is -4.53. The molecule has 200 valence electrons. The van der Waals surface area contributed by atoms with Crippen LogP contribution in [-0.2, 0) is 12.6 Å². The van der Waals surface area contributed by atoms with Crippen molar-refractivity contribution < 1.29 is 18.0 Å². The molecule has 1 spiro atoms. The van der Waals surface area contributed by atoms with Crippen molar-refractivity contribution in [3.63, 3.8) is 0 Å². The van der Waals surface area contributed by atoms with E-state index in [0.717, 1.165) is 42.8 Å². The van der Waals surface area contributed by atoms with E-state index in [2.05, 4.69) is 44.3 Å². The van der Waals surface area contributed by atoms with E-state index in [1.165, 1.54) is 23.1 Å². The SMILES string of the molecule is CC1(Cc2nc(-c3ccc(C4CN(C(=O)N5CC6(CC(n7cnc(C(F)(F)F)n7)C6)C5)C4)cc3)n[nH]2)CC1. The van der Waals surface area contributed by atoms with E-state index in [4.69, 9.17) is 0 Å². The fourth-order valence-electron chi connectivity index (χ4n) is 6.11. The third-order valence-electron chi connectivity index (χ3n) is 8.82. The van der Waals surface area contributed by atoms with Crippen LogP contribution in [0.4, 0.5) is 18.0 Å². The number of amides is 2. The van der Waals surface area contributed by atoms with E-state index in [1.54, 1.807) is 0 Å². The van der Waals surface area contributed by atoms with E-state index < -0.39 is 12.0 Å². The number of H-pyrrole nitrogens is 1. The second kappa shape index (κ2) is 8.03. The first-order chi connectivity index (χ1) is 18.1. The second-order valence-corrected chi connectivity index (χ2v) is 12.1. The van der Waals surface area contributed by atoms with Crippen LogP contribution in [-0.4, -0.2) is 72.0 Å². The van der Waals surface area contributed by atoms with E-state index in [-0.39, 0.29) is 17.5 Å². The fraction of sp³-hybridized carbons (Fsp3) is 0.577. The number of rotatable bonds is 5. The number of nitrogens with one attached hydrogen (secondary N) is 1. The second-order valence-electron chi connectivity index (χ2n) is 12.1. The van der Waals surface area contributed by atoms with Gasteiger partial charge in [0.1, 0.15) is 12.2 Å². The van der Waals surface area contributed by atoms with Gasteiger partial charge in [0.2, 0.25) is 0 Å². The van der Waals surface area contributed by atoms with Crippen LogP contribution in [0.25, 0.3) is 11.4 Å². The largest absolute Gasteiger partial charge is 0.453 e. The molecule has 0 atom stereocenters. The Morgan fingerprint density at radius 3 is 2.45 bits per heavy atom. The van der Waals surface area contributed by atoms with Crippen molar-refractivity contribution in [3.8, 4) is 11.4 Å². The number of aromatic amines is 1. The molecule has 2 aliphatic carbocycles. The van der Waals surface area contributed by atoms with Crippen molar-refractivity contribution in [2.75, 3.05) is 26.2 Å². The third-order valence-corrected chi connectivity index (χ3v) is 8.82. The molecule has 0 radical (unpaired) electrons. The molecule has 2 saturated carbocycles. The van der Waals surface area contributed by atoms with Crippen molar-refractivity contribution in [3.05, 3.63) is 47.8 Å². The first kappa shape index (κ1) is 23.7. The Morgan fingerprint density at radius 1 is 1.11 bits per heavy atom. The minimum Gasteiger partial charge on any atom is -0.323 e. The highest BCUT2D eigenvalue weighted by molar-refractivity contribution is 5.77. The summed E-state index contributed by atoms with van der Waals surface area (Å²) in [4.78, 5) is 24.7. The molecule has 1 aromatic carbocycles. The normalized spacial score (nSPS) is 22.2. The van der Waals surface area contributed by atoms with Gasteiger partial charge in [-0.15, -0.1) is 5.10 Å². The lowest BCUT2D eigenvalue weighted by Crippen LogP contribution is -2.67. The van der Waals surface area contributed by atoms with Gasteiger partial charge in [0, 0.05) is 49.5 Å². The number of carbonyl (C=O) groups is 1. The smallest absolute Gasteiger partial charge is 0.323 e. The van der Waals surface area contributed by atoms with E-state index in [9.17, 15) is 18.0 Å². The molecule has 4 aliphatic rings. The predicted molar refractivity (Wildman–Crippen MR) is 130 cm³/mol. The first-order valence-corrected chi connectivity index (χ1v) is 13.1. The van der Waals surface area contributed by atoms with Gasteiger partial charge >= 0.3 is 12.2 Å². The number of urea groups is 1. The maximum atomic E-state index is 12.9. The van der Waals surface area contributed by atoms with Crippen LogP contribution in [0.2, 0.25) is 0 Å². The van der Waals surface area contributed by atoms with Crippen LogP contribution in [0.15, 0.2) is 30.6 Å². The Labute approximate surface area is 217 Å². The maximum absolute atomic E-state index is 12.9. The molecule has 12 heteroatoms. The average Bonchev–Trinajstić information content (AvgIpc) is 3.17. The number of nitrogens with zero attached hydrogens (tertiary/aromatic N) is 7. The van der Waals surface area contributed by atoms with E-state index in [1.807, 2.05) is 21.9 Å². The van der Waals surface area contributed by atoms with Crippen molar-refractivity contribution >= 4 is 6.03 Å². The first-order valence-electron chi connectivity index (χ1n) is 13.1. The number of hydrogen-bond donors (Lipinski definition) is 1. The fourth-order valence-corrected chi connectivity index (χ4v) is 6.11. The van der Waals surface area contributed by atoms with Gasteiger partial charge in [-0.25, -0.2) is 19.4 Å². The Hall–Kier alpha value is -3.44. The van der Waals surface area contributed by atoms with Crippen LogP contribution >= 0.6 is 0 Å². The molecule has 2 saturated heterocycles. The van der Waals surface area contributed by atoms with Crippen molar-refractivity contribution in [1.82, 2.24) is 39.7 Å². The predicted octanol–water partition coefficient (Wildman–Crippen LogP) is 4.28. The van der Waals surface area contributed by atoms with Crippen molar-refractivity contribution in [2.24, 2.45) is 10.8 Å². The molecule has 2 amide bonds. The molecular weight excluding hydrogens is 497 g/mol. The lowest BCUT2D eigenvalue weighted by Gasteiger charge is -2.60. The van der Waals surface area contributed by atoms with Gasteiger partial charge in [-0.05, 0) is 36.7 Å². The average molecular weight is 527 g/mol. The van der Waals surface area contributed by atoms with Gasteiger partial charge in [0.25, 0.3) is 5.82 Å². The van der Waals surface area contributed by atoms with E-state index >= 15 is 0 Å². The lowest BCUT2D eigenvalue weighted by atomic mass is 9.61. The highest BCUT2D eigenvalue weighted by atomic mass is 19.4. The van der Waals surface area contributed by atoms with Gasteiger partial charge < -0.3 is 9.80 Å². The summed E-state index contributed by atoms with van der Waals surface area (Å²) in [6, 6.07) is 8.25. The standard InChI is InChI=1S/C26H29F3N8O/c1-24(6-7-24)10-20-31-21(33-32-20)17-4-2-16(3-5-17)18-11-35(12-18)23(38)36-13-25(14-36)8-19(9-25)37-15-30-22(34-37)26(27,28)29/h2-5,15,18-19H,6-14H2,1H3,(H,31,32,33). The highest BCUT2D eigenvalue weighted by Crippen LogP contribution is 2.54. The Bertz CT molecular complexity index is 1360. The number of alkyl halides is 3. The number of hydrogen-bond acceptors (Lipinski definition) is 5. The molecule has 2 aliphatic heterocycles. The molecule has 2 aromatic heterocycles. The Balaban J connectivity index is 0.877. The number of carbonyl (C=O) groups excluding carboxylic acids is 1. The van der Waals surface area contributed by atoms with Gasteiger partial charge in [0.15, 0.2) is 5.82 Å². The van der Waals surface area contributed by atoms with E-state index in [0.29, 0.717) is 37.5 Å². The molecule has 3 aromatic rings. The number of likely N-dealkylation sites (tertiary alicyclic amines) is 2. The van der Waals surface area contributed by atoms with Crippen LogP contribution < -0.4 is 0 Å². The summed E-state index contributed by atoms with van der Waals surface area (Å²) in [6.45, 7) is 4.95. The molecular formula is C26H29F3N8O. The van der Waals surface area contributed by atoms with Crippen LogP contribution in [0, 0.1) is 10.8 Å². The van der Waals surface area contributed by atoms with Crippen molar-refractivity contribution in [1.29, 1.82) is 0 Å². The summed E-state index contributed by atoms with van der Waals surface area (Å²) in [6.07, 6.45) is 1.50. The number of benzene rings is 1. The topological polar surface area (TPSA) is 95.8 Å². The summed E-state index contributed by atoms with van der Waals surface area (Å²) in [5.74, 6) is 0.868. The Morgan fingerprint density at radius 2 is 1.82 bits per heavy atom. The molecule has 4 heterocycles. The zero-order valence-electron chi connectivity index (χ0n) is 21.1. The number of aromatic nitrogens is 6. The van der Waals surface area contributed by atoms with Crippen LogP contribution in [0.5, 0.6) is 0 Å². The zero-order chi connectivity index (χ0) is 26.3. The van der Waals surface area contributed by atoms with Gasteiger partial charge in [-0.3, -0.25) is 5.10 Å². The molecule has 38 heavy (non-hydrogen) atoms. The van der Waals surface area contributed by atoms with Crippen LogP contribution in [0.3, 0.4) is 0 Å². The summed E-state index contributed by atoms with van der Waals surface area (Å²) in [7, 11) is 0. The molecule has 4 fully saturated rings. The monoisotopic (exact) mass is 526 g/mol. The highest BCUT2D eigenvalue weighted by Gasteiger charge is 2.56.